The molecule has 0 spiro atoms. The molecule has 0 saturated heterocycles. The van der Waals surface area contributed by atoms with Gasteiger partial charge in [-0.1, -0.05) is 37.8 Å². The molecule has 18 heavy (non-hydrogen) atoms. The lowest BCUT2D eigenvalue weighted by atomic mass is 10.1. The Balaban J connectivity index is 2.22. The molecule has 0 amide bonds. The Morgan fingerprint density at radius 3 is 2.39 bits per heavy atom. The number of nitrogens with one attached hydrogen (secondary N) is 2. The van der Waals surface area contributed by atoms with E-state index >= 15 is 0 Å². The third-order valence-electron chi connectivity index (χ3n) is 2.75. The Morgan fingerprint density at radius 1 is 1.22 bits per heavy atom. The lowest BCUT2D eigenvalue weighted by Gasteiger charge is -2.11. The van der Waals surface area contributed by atoms with Crippen molar-refractivity contribution in [3.63, 3.8) is 0 Å². The normalized spacial score (nSPS) is 12.2. The molecule has 0 bridgehead atoms. The molecule has 2 nitrogen and oxygen atoms in total. The average molecular weight is 250 g/mol. The molecule has 1 rings (SSSR count). The molecule has 1 unspecified atom stereocenters. The maximum absolute atomic E-state index is 13.4. The largest absolute Gasteiger partial charge is 0.386 e. The van der Waals surface area contributed by atoms with Crippen molar-refractivity contribution in [3.05, 3.63) is 47.7 Å². The van der Waals surface area contributed by atoms with E-state index < -0.39 is 6.17 Å². The minimum absolute atomic E-state index is 0.317. The first-order valence-electron chi connectivity index (χ1n) is 6.43. The first kappa shape index (κ1) is 14.7. The van der Waals surface area contributed by atoms with Crippen LogP contribution in [0.4, 0.5) is 4.39 Å². The summed E-state index contributed by atoms with van der Waals surface area (Å²) in [5.41, 5.74) is 3.31. The smallest absolute Gasteiger partial charge is 0.130 e. The Kier molecular flexibility index (Phi) is 6.44. The number of halogens is 1. The van der Waals surface area contributed by atoms with Crippen LogP contribution in [0.3, 0.4) is 0 Å². The summed E-state index contributed by atoms with van der Waals surface area (Å²) in [5.74, 6) is 0. The molecule has 0 aliphatic rings. The molecule has 100 valence electrons. The van der Waals surface area contributed by atoms with E-state index in [1.54, 1.807) is 0 Å². The van der Waals surface area contributed by atoms with Crippen LogP contribution in [0.5, 0.6) is 0 Å². The third-order valence-corrected chi connectivity index (χ3v) is 2.75. The van der Waals surface area contributed by atoms with Gasteiger partial charge in [-0.2, -0.15) is 0 Å². The number of benzene rings is 1. The Bertz CT molecular complexity index is 359. The SMILES string of the molecule is C=C(C)NCC(F)CNCc1ccc(CC)cc1. The van der Waals surface area contributed by atoms with Crippen LogP contribution >= 0.6 is 0 Å². The molecule has 0 fully saturated rings. The Morgan fingerprint density at radius 2 is 1.83 bits per heavy atom. The van der Waals surface area contributed by atoms with E-state index in [-0.39, 0.29) is 0 Å². The highest BCUT2D eigenvalue weighted by Crippen LogP contribution is 2.04. The van der Waals surface area contributed by atoms with E-state index in [1.165, 1.54) is 11.1 Å². The highest BCUT2D eigenvalue weighted by atomic mass is 19.1. The van der Waals surface area contributed by atoms with Gasteiger partial charge in [-0.15, -0.1) is 0 Å². The number of hydrogen-bond acceptors (Lipinski definition) is 2. The van der Waals surface area contributed by atoms with Crippen molar-refractivity contribution < 1.29 is 4.39 Å². The summed E-state index contributed by atoms with van der Waals surface area (Å²) in [6.07, 6.45) is 0.156. The van der Waals surface area contributed by atoms with Gasteiger partial charge < -0.3 is 10.6 Å². The van der Waals surface area contributed by atoms with E-state index in [2.05, 4.69) is 48.4 Å². The van der Waals surface area contributed by atoms with Crippen LogP contribution in [0.2, 0.25) is 0 Å². The van der Waals surface area contributed by atoms with Gasteiger partial charge in [0, 0.05) is 25.3 Å². The number of allylic oxidation sites excluding steroid dienone is 1. The van der Waals surface area contributed by atoms with Crippen molar-refractivity contribution in [3.8, 4) is 0 Å². The highest BCUT2D eigenvalue weighted by molar-refractivity contribution is 5.22. The van der Waals surface area contributed by atoms with Crippen LogP contribution in [0.15, 0.2) is 36.5 Å². The molecule has 1 atom stereocenters. The number of hydrogen-bond donors (Lipinski definition) is 2. The summed E-state index contributed by atoms with van der Waals surface area (Å²) in [5, 5.41) is 6.02. The predicted octanol–water partition coefficient (Wildman–Crippen LogP) is 2.80. The lowest BCUT2D eigenvalue weighted by Crippen LogP contribution is -2.31. The standard InChI is InChI=1S/C15H23FN2/c1-4-13-5-7-14(8-6-13)9-17-10-15(16)11-18-12(2)3/h5-8,15,17-18H,2,4,9-11H2,1,3H3. The zero-order valence-corrected chi connectivity index (χ0v) is 11.3. The van der Waals surface area contributed by atoms with E-state index in [1.807, 2.05) is 6.92 Å². The molecule has 1 aromatic carbocycles. The fraction of sp³-hybridized carbons (Fsp3) is 0.467. The number of rotatable bonds is 8. The highest BCUT2D eigenvalue weighted by Gasteiger charge is 2.04. The molecule has 0 aliphatic carbocycles. The van der Waals surface area contributed by atoms with Gasteiger partial charge in [-0.25, -0.2) is 4.39 Å². The molecule has 0 saturated carbocycles. The van der Waals surface area contributed by atoms with Gasteiger partial charge in [-0.05, 0) is 24.5 Å². The summed E-state index contributed by atoms with van der Waals surface area (Å²) >= 11 is 0. The molecule has 0 heterocycles. The van der Waals surface area contributed by atoms with Crippen molar-refractivity contribution in [2.45, 2.75) is 33.0 Å². The first-order valence-corrected chi connectivity index (χ1v) is 6.43. The second-order valence-electron chi connectivity index (χ2n) is 4.56. The van der Waals surface area contributed by atoms with Gasteiger partial charge in [0.05, 0.1) is 0 Å². The fourth-order valence-electron chi connectivity index (χ4n) is 1.62. The quantitative estimate of drug-likeness (QED) is 0.741. The van der Waals surface area contributed by atoms with E-state index in [0.29, 0.717) is 19.6 Å². The van der Waals surface area contributed by atoms with Gasteiger partial charge in [0.2, 0.25) is 0 Å². The maximum Gasteiger partial charge on any atom is 0.130 e. The van der Waals surface area contributed by atoms with Crippen LogP contribution in [0, 0.1) is 0 Å². The fourth-order valence-corrected chi connectivity index (χ4v) is 1.62. The minimum Gasteiger partial charge on any atom is -0.386 e. The van der Waals surface area contributed by atoms with Crippen LogP contribution in [-0.4, -0.2) is 19.3 Å². The van der Waals surface area contributed by atoms with E-state index in [0.717, 1.165) is 12.1 Å². The number of aryl methyl sites for hydroxylation is 1. The van der Waals surface area contributed by atoms with Crippen molar-refractivity contribution in [2.24, 2.45) is 0 Å². The van der Waals surface area contributed by atoms with Crippen LogP contribution in [-0.2, 0) is 13.0 Å². The molecule has 0 radical (unpaired) electrons. The van der Waals surface area contributed by atoms with Crippen molar-refractivity contribution in [1.82, 2.24) is 10.6 Å². The first-order chi connectivity index (χ1) is 8.61. The van der Waals surface area contributed by atoms with Crippen molar-refractivity contribution >= 4 is 0 Å². The average Bonchev–Trinajstić information content (AvgIpc) is 2.37. The third kappa shape index (κ3) is 5.82. The van der Waals surface area contributed by atoms with Crippen molar-refractivity contribution in [1.29, 1.82) is 0 Å². The minimum atomic E-state index is -0.892. The van der Waals surface area contributed by atoms with E-state index in [9.17, 15) is 4.39 Å². The van der Waals surface area contributed by atoms with E-state index in [4.69, 9.17) is 0 Å². The summed E-state index contributed by atoms with van der Waals surface area (Å²) in [6, 6.07) is 8.41. The zero-order valence-electron chi connectivity index (χ0n) is 11.3. The van der Waals surface area contributed by atoms with Gasteiger partial charge >= 0.3 is 0 Å². The van der Waals surface area contributed by atoms with Crippen LogP contribution in [0.25, 0.3) is 0 Å². The summed E-state index contributed by atoms with van der Waals surface area (Å²) < 4.78 is 13.4. The maximum atomic E-state index is 13.4. The zero-order chi connectivity index (χ0) is 13.4. The van der Waals surface area contributed by atoms with Crippen LogP contribution < -0.4 is 10.6 Å². The molecular weight excluding hydrogens is 227 g/mol. The van der Waals surface area contributed by atoms with Gasteiger partial charge in [0.15, 0.2) is 0 Å². The molecule has 2 N–H and O–H groups in total. The summed E-state index contributed by atoms with van der Waals surface area (Å²) in [4.78, 5) is 0. The number of alkyl halides is 1. The lowest BCUT2D eigenvalue weighted by molar-refractivity contribution is 0.313. The Hall–Kier alpha value is -1.35. The monoisotopic (exact) mass is 250 g/mol. The second kappa shape index (κ2) is 7.88. The molecule has 0 aliphatic heterocycles. The Labute approximate surface area is 109 Å². The summed E-state index contributed by atoms with van der Waals surface area (Å²) in [7, 11) is 0. The van der Waals surface area contributed by atoms with Gasteiger partial charge in [0.25, 0.3) is 0 Å². The van der Waals surface area contributed by atoms with Crippen LogP contribution in [0.1, 0.15) is 25.0 Å². The van der Waals surface area contributed by atoms with Gasteiger partial charge in [-0.3, -0.25) is 0 Å². The molecular formula is C15H23FN2. The molecule has 3 heteroatoms. The van der Waals surface area contributed by atoms with Crippen molar-refractivity contribution in [2.75, 3.05) is 13.1 Å². The van der Waals surface area contributed by atoms with Gasteiger partial charge in [0.1, 0.15) is 6.17 Å². The topological polar surface area (TPSA) is 24.1 Å². The molecule has 0 aromatic heterocycles. The molecule has 1 aromatic rings. The summed E-state index contributed by atoms with van der Waals surface area (Å²) in [6.45, 7) is 9.02. The second-order valence-corrected chi connectivity index (χ2v) is 4.56. The predicted molar refractivity (Wildman–Crippen MR) is 75.2 cm³/mol.